The first-order valence-corrected chi connectivity index (χ1v) is 16.7. The van der Waals surface area contributed by atoms with Gasteiger partial charge in [0, 0.05) is 13.0 Å². The van der Waals surface area contributed by atoms with Gasteiger partial charge < -0.3 is 0 Å². The van der Waals surface area contributed by atoms with Gasteiger partial charge >= 0.3 is 0 Å². The van der Waals surface area contributed by atoms with Crippen LogP contribution in [0.4, 0.5) is 5.69 Å². The fourth-order valence-corrected chi connectivity index (χ4v) is 6.34. The maximum absolute atomic E-state index is 5.15. The van der Waals surface area contributed by atoms with Crippen LogP contribution in [0, 0.1) is 6.92 Å². The van der Waals surface area contributed by atoms with Crippen molar-refractivity contribution in [1.29, 1.82) is 0 Å². The maximum Gasteiger partial charge on any atom is 0.205 e. The maximum atomic E-state index is 5.15. The van der Waals surface area contributed by atoms with E-state index in [4.69, 9.17) is 5.11 Å². The molecule has 0 fully saturated rings. The Morgan fingerprint density at radius 2 is 1.09 bits per heavy atom. The number of hydrogen-bond acceptors (Lipinski definition) is 1. The zero-order chi connectivity index (χ0) is 32.6. The molecule has 6 rings (SSSR count). The van der Waals surface area contributed by atoms with Gasteiger partial charge in [0.05, 0.1) is 0 Å². The summed E-state index contributed by atoms with van der Waals surface area (Å²) in [5.74, 6) is 0. The van der Waals surface area contributed by atoms with Gasteiger partial charge in [0.15, 0.2) is 7.05 Å². The van der Waals surface area contributed by atoms with Gasteiger partial charge in [-0.2, -0.15) is 0 Å². The van der Waals surface area contributed by atoms with Crippen molar-refractivity contribution in [3.05, 3.63) is 168 Å². The third-order valence-electron chi connectivity index (χ3n) is 8.90. The molecular weight excluding hydrogens is 569 g/mol. The minimum absolute atomic E-state index is 0.927. The topological polar surface area (TPSA) is 15.4 Å². The van der Waals surface area contributed by atoms with Gasteiger partial charge in [-0.1, -0.05) is 145 Å². The third-order valence-corrected chi connectivity index (χ3v) is 8.90. The molecule has 6 aromatic carbocycles. The molecule has 0 aliphatic carbocycles. The highest BCUT2D eigenvalue weighted by Crippen LogP contribution is 2.39. The van der Waals surface area contributed by atoms with Gasteiger partial charge in [-0.05, 0) is 104 Å². The summed E-state index contributed by atoms with van der Waals surface area (Å²) < 4.78 is 2.01. The summed E-state index contributed by atoms with van der Waals surface area (Å²) in [7, 11) is 2.05. The van der Waals surface area contributed by atoms with Crippen LogP contribution in [0.5, 0.6) is 0 Å². The van der Waals surface area contributed by atoms with Crippen molar-refractivity contribution in [2.45, 2.75) is 40.0 Å². The van der Waals surface area contributed by atoms with E-state index in [-0.39, 0.29) is 0 Å². The lowest BCUT2D eigenvalue weighted by Gasteiger charge is -2.17. The van der Waals surface area contributed by atoms with E-state index < -0.39 is 0 Å². The lowest BCUT2D eigenvalue weighted by molar-refractivity contribution is -0.510. The van der Waals surface area contributed by atoms with Crippen LogP contribution in [-0.2, 0) is 6.42 Å². The van der Waals surface area contributed by atoms with Crippen molar-refractivity contribution < 1.29 is 4.70 Å². The Morgan fingerprint density at radius 1 is 0.617 bits per heavy atom. The van der Waals surface area contributed by atoms with E-state index in [0.29, 0.717) is 0 Å². The first kappa shape index (κ1) is 31.6. The molecule has 0 aromatic heterocycles. The lowest BCUT2D eigenvalue weighted by Crippen LogP contribution is -2.00. The molecule has 0 aliphatic heterocycles. The molecule has 0 saturated carbocycles. The van der Waals surface area contributed by atoms with Crippen molar-refractivity contribution in [2.75, 3.05) is 7.05 Å². The molecular formula is C45H43N2+. The van der Waals surface area contributed by atoms with Crippen molar-refractivity contribution in [1.82, 2.24) is 0 Å². The molecule has 0 unspecified atom stereocenters. The normalized spacial score (nSPS) is 11.9. The highest BCUT2D eigenvalue weighted by molar-refractivity contribution is 5.88. The van der Waals surface area contributed by atoms with E-state index in [2.05, 4.69) is 172 Å². The molecule has 0 amide bonds. The quantitative estimate of drug-likeness (QED) is 0.108. The smallest absolute Gasteiger partial charge is 0.0909 e. The van der Waals surface area contributed by atoms with Crippen LogP contribution in [0.1, 0.15) is 43.4 Å². The minimum Gasteiger partial charge on any atom is -0.0909 e. The molecule has 0 atom stereocenters. The summed E-state index contributed by atoms with van der Waals surface area (Å²) in [6.45, 7) is 6.62. The summed E-state index contributed by atoms with van der Waals surface area (Å²) in [6.07, 6.45) is 5.61. The summed E-state index contributed by atoms with van der Waals surface area (Å²) in [5, 5.41) is 5.15. The molecule has 0 aliphatic rings. The Morgan fingerprint density at radius 3 is 1.57 bits per heavy atom. The van der Waals surface area contributed by atoms with Crippen molar-refractivity contribution in [3.8, 4) is 44.5 Å². The van der Waals surface area contributed by atoms with E-state index in [0.717, 1.165) is 30.6 Å². The number of unbranched alkanes of at least 4 members (excludes halogenated alkanes) is 1. The van der Waals surface area contributed by atoms with Gasteiger partial charge in [-0.3, -0.25) is 0 Å². The largest absolute Gasteiger partial charge is 0.205 e. The summed E-state index contributed by atoms with van der Waals surface area (Å²) in [4.78, 5) is 0. The van der Waals surface area contributed by atoms with Crippen molar-refractivity contribution in [2.24, 2.45) is 5.11 Å². The summed E-state index contributed by atoms with van der Waals surface area (Å²) in [6, 6.07) is 52.0. The molecule has 47 heavy (non-hydrogen) atoms. The third kappa shape index (κ3) is 7.39. The van der Waals surface area contributed by atoms with Gasteiger partial charge in [0.1, 0.15) is 5.69 Å². The average molecular weight is 612 g/mol. The predicted molar refractivity (Wildman–Crippen MR) is 200 cm³/mol. The van der Waals surface area contributed by atoms with Crippen LogP contribution in [0.15, 0.2) is 156 Å². The molecule has 0 N–H and O–H groups in total. The number of rotatable bonds is 10. The second kappa shape index (κ2) is 14.8. The Kier molecular flexibility index (Phi) is 9.98. The highest BCUT2D eigenvalue weighted by Gasteiger charge is 2.17. The molecule has 2 heteroatoms. The summed E-state index contributed by atoms with van der Waals surface area (Å²) in [5.41, 5.74) is 15.7. The second-order valence-corrected chi connectivity index (χ2v) is 12.2. The first-order valence-electron chi connectivity index (χ1n) is 16.7. The number of aryl methyl sites for hydroxylation is 1. The van der Waals surface area contributed by atoms with Crippen LogP contribution < -0.4 is 0 Å². The monoisotopic (exact) mass is 611 g/mol. The number of azo groups is 2. The van der Waals surface area contributed by atoms with Crippen LogP contribution in [-0.4, -0.2) is 11.7 Å². The number of nitrogens with zero attached hydrogens (tertiary/aromatic N) is 2. The molecule has 0 radical (unpaired) electrons. The Labute approximate surface area is 280 Å². The van der Waals surface area contributed by atoms with Crippen molar-refractivity contribution in [3.63, 3.8) is 0 Å². The first-order chi connectivity index (χ1) is 23.0. The Hall–Kier alpha value is -5.34. The number of allylic oxidation sites excluding steroid dienone is 1. The molecule has 0 heterocycles. The van der Waals surface area contributed by atoms with E-state index in [9.17, 15) is 0 Å². The summed E-state index contributed by atoms with van der Waals surface area (Å²) >= 11 is 0. The lowest BCUT2D eigenvalue weighted by atomic mass is 9.86. The van der Waals surface area contributed by atoms with Crippen molar-refractivity contribution >= 4 is 11.8 Å². The molecule has 0 saturated heterocycles. The molecule has 0 bridgehead atoms. The molecule has 2 nitrogen and oxygen atoms in total. The van der Waals surface area contributed by atoms with Gasteiger partial charge in [-0.25, -0.2) is 0 Å². The predicted octanol–water partition coefficient (Wildman–Crippen LogP) is 12.8. The fourth-order valence-electron chi connectivity index (χ4n) is 6.34. The SMILES string of the molecule is CCCCc1cc(C=C(C)[N+](C)=Nc2cc(-c3ccccc3)c(C)c(-c3ccccc3)c2)cc(-c2ccccc2)c1-c1ccccc1. The Balaban J connectivity index is 1.46. The minimum atomic E-state index is 0.927. The second-order valence-electron chi connectivity index (χ2n) is 12.2. The van der Waals surface area contributed by atoms with E-state index >= 15 is 0 Å². The number of benzene rings is 6. The molecule has 6 aromatic rings. The molecule has 232 valence electrons. The van der Waals surface area contributed by atoms with Crippen LogP contribution in [0.2, 0.25) is 0 Å². The zero-order valence-corrected chi connectivity index (χ0v) is 27.9. The van der Waals surface area contributed by atoms with E-state index in [1.165, 1.54) is 61.2 Å². The standard InChI is InChI=1S/C45H43N2/c1-5-6-19-40-29-35(30-44(38-24-15-9-16-25-38)45(40)39-26-17-10-18-27-39)28-33(2)47(4)46-41-31-42(36-20-11-7-12-21-36)34(3)43(32-41)37-22-13-8-14-23-37/h7-18,20-32H,5-6,19H2,1-4H3/q+1. The van der Waals surface area contributed by atoms with Gasteiger partial charge in [0.25, 0.3) is 0 Å². The number of hydrogen-bond donors (Lipinski definition) is 0. The van der Waals surface area contributed by atoms with Crippen LogP contribution >= 0.6 is 0 Å². The Bertz CT molecular complexity index is 1950. The van der Waals surface area contributed by atoms with E-state index in [1.807, 2.05) is 11.7 Å². The van der Waals surface area contributed by atoms with Crippen LogP contribution in [0.3, 0.4) is 0 Å². The fraction of sp³-hybridized carbons (Fsp3) is 0.156. The highest BCUT2D eigenvalue weighted by atomic mass is 15.2. The molecule has 0 spiro atoms. The van der Waals surface area contributed by atoms with Crippen LogP contribution in [0.25, 0.3) is 50.6 Å². The zero-order valence-electron chi connectivity index (χ0n) is 27.9. The average Bonchev–Trinajstić information content (AvgIpc) is 3.12. The van der Waals surface area contributed by atoms with Gasteiger partial charge in [-0.15, -0.1) is 0 Å². The van der Waals surface area contributed by atoms with Gasteiger partial charge in [0.2, 0.25) is 5.70 Å². The van der Waals surface area contributed by atoms with E-state index in [1.54, 1.807) is 0 Å².